The van der Waals surface area contributed by atoms with Crippen LogP contribution in [0.1, 0.15) is 22.3 Å². The predicted octanol–water partition coefficient (Wildman–Crippen LogP) is 5.32. The van der Waals surface area contributed by atoms with Crippen molar-refractivity contribution in [2.24, 2.45) is 0 Å². The lowest BCUT2D eigenvalue weighted by Gasteiger charge is -2.26. The van der Waals surface area contributed by atoms with Crippen molar-refractivity contribution in [2.75, 3.05) is 0 Å². The monoisotopic (exact) mass is 400 g/mol. The Morgan fingerprint density at radius 2 is 1.34 bits per heavy atom. The minimum Gasteiger partial charge on any atom is -0.377 e. The highest BCUT2D eigenvalue weighted by molar-refractivity contribution is 6.90. The van der Waals surface area contributed by atoms with Crippen molar-refractivity contribution in [2.45, 2.75) is 31.2 Å². The quantitative estimate of drug-likeness (QED) is 0.316. The number of carbonyl (C=O) groups excluding carboxylic acids is 1. The van der Waals surface area contributed by atoms with Gasteiger partial charge in [0, 0.05) is 12.0 Å². The highest BCUT2D eigenvalue weighted by atomic mass is 28.3. The van der Waals surface area contributed by atoms with Gasteiger partial charge in [0.2, 0.25) is 0 Å². The Balaban J connectivity index is 1.81. The van der Waals surface area contributed by atoms with Gasteiger partial charge >= 0.3 is 0 Å². The second-order valence-corrected chi connectivity index (χ2v) is 12.8. The third-order valence-corrected chi connectivity index (χ3v) is 8.58. The lowest BCUT2D eigenvalue weighted by Crippen LogP contribution is -2.40. The summed E-state index contributed by atoms with van der Waals surface area (Å²) >= 11 is 0. The Labute approximate surface area is 174 Å². The molecular weight excluding hydrogens is 372 g/mol. The zero-order valence-electron chi connectivity index (χ0n) is 17.1. The van der Waals surface area contributed by atoms with E-state index in [2.05, 4.69) is 43.4 Å². The van der Waals surface area contributed by atoms with E-state index < -0.39 is 13.7 Å². The molecule has 0 spiro atoms. The van der Waals surface area contributed by atoms with E-state index in [0.29, 0.717) is 11.1 Å². The van der Waals surface area contributed by atoms with Gasteiger partial charge in [-0.25, -0.2) is 0 Å². The summed E-state index contributed by atoms with van der Waals surface area (Å²) in [7, 11) is -1.60. The van der Waals surface area contributed by atoms with Gasteiger partial charge in [-0.15, -0.1) is 0 Å². The standard InChI is InChI=1S/C26H28O2Si/c1-29(2,24-18-10-5-11-19-24)21-13-12-20-26(28,23-16-8-4-9-17-23)25(27)22-14-6-3-7-15-22/h3-19,28H,20-21H2,1-2H3/b13-12+. The second-order valence-electron chi connectivity index (χ2n) is 8.05. The molecule has 0 radical (unpaired) electrons. The first-order chi connectivity index (χ1) is 13.9. The number of hydrogen-bond acceptors (Lipinski definition) is 2. The molecule has 29 heavy (non-hydrogen) atoms. The van der Waals surface area contributed by atoms with Crippen LogP contribution in [0, 0.1) is 0 Å². The van der Waals surface area contributed by atoms with Gasteiger partial charge in [0.15, 0.2) is 11.4 Å². The Morgan fingerprint density at radius 3 is 1.93 bits per heavy atom. The molecule has 0 aliphatic carbocycles. The molecule has 0 saturated heterocycles. The average Bonchev–Trinajstić information content (AvgIpc) is 2.78. The van der Waals surface area contributed by atoms with E-state index in [0.717, 1.165) is 6.04 Å². The maximum Gasteiger partial charge on any atom is 0.199 e. The smallest absolute Gasteiger partial charge is 0.199 e. The normalized spacial score (nSPS) is 13.9. The van der Waals surface area contributed by atoms with Crippen molar-refractivity contribution in [1.29, 1.82) is 0 Å². The van der Waals surface area contributed by atoms with E-state index in [1.54, 1.807) is 12.1 Å². The van der Waals surface area contributed by atoms with Crippen LogP contribution in [-0.4, -0.2) is 19.0 Å². The third kappa shape index (κ3) is 5.00. The molecule has 0 aliphatic heterocycles. The lowest BCUT2D eigenvalue weighted by atomic mass is 9.83. The van der Waals surface area contributed by atoms with Crippen molar-refractivity contribution in [1.82, 2.24) is 0 Å². The molecule has 0 fully saturated rings. The van der Waals surface area contributed by atoms with Crippen LogP contribution >= 0.6 is 0 Å². The first-order valence-corrected chi connectivity index (χ1v) is 13.2. The Hall–Kier alpha value is -2.75. The van der Waals surface area contributed by atoms with Crippen molar-refractivity contribution >= 4 is 19.0 Å². The van der Waals surface area contributed by atoms with E-state index >= 15 is 0 Å². The Morgan fingerprint density at radius 1 is 0.828 bits per heavy atom. The third-order valence-electron chi connectivity index (χ3n) is 5.43. The molecule has 3 aromatic rings. The van der Waals surface area contributed by atoms with Crippen LogP contribution < -0.4 is 5.19 Å². The summed E-state index contributed by atoms with van der Waals surface area (Å²) in [6.45, 7) is 4.68. The fourth-order valence-corrected chi connectivity index (χ4v) is 5.61. The molecule has 148 valence electrons. The van der Waals surface area contributed by atoms with Crippen LogP contribution in [0.3, 0.4) is 0 Å². The first kappa shape index (κ1) is 21.0. The van der Waals surface area contributed by atoms with Crippen LogP contribution in [0.2, 0.25) is 19.1 Å². The van der Waals surface area contributed by atoms with Gasteiger partial charge in [-0.2, -0.15) is 0 Å². The number of Topliss-reactive ketones (excluding diaryl/α,β-unsaturated/α-hetero) is 1. The fourth-order valence-electron chi connectivity index (χ4n) is 3.52. The summed E-state index contributed by atoms with van der Waals surface area (Å²) in [5.41, 5.74) is -0.429. The van der Waals surface area contributed by atoms with Gasteiger partial charge in [0.1, 0.15) is 0 Å². The molecule has 0 aromatic heterocycles. The molecule has 3 heteroatoms. The van der Waals surface area contributed by atoms with Crippen molar-refractivity contribution in [3.63, 3.8) is 0 Å². The molecule has 1 unspecified atom stereocenters. The fraction of sp³-hybridized carbons (Fsp3) is 0.192. The van der Waals surface area contributed by atoms with Crippen LogP contribution in [0.4, 0.5) is 0 Å². The number of ketones is 1. The number of carbonyl (C=O) groups is 1. The van der Waals surface area contributed by atoms with Gasteiger partial charge in [-0.1, -0.05) is 121 Å². The molecule has 2 nitrogen and oxygen atoms in total. The summed E-state index contributed by atoms with van der Waals surface area (Å²) in [6, 6.07) is 29.8. The number of hydrogen-bond donors (Lipinski definition) is 1. The summed E-state index contributed by atoms with van der Waals surface area (Å²) in [5, 5.41) is 12.9. The molecule has 3 rings (SSSR count). The summed E-state index contributed by atoms with van der Waals surface area (Å²) < 4.78 is 0. The maximum absolute atomic E-state index is 13.2. The van der Waals surface area contributed by atoms with Crippen LogP contribution in [0.5, 0.6) is 0 Å². The van der Waals surface area contributed by atoms with Gasteiger partial charge in [-0.05, 0) is 11.6 Å². The number of rotatable bonds is 8. The van der Waals surface area contributed by atoms with Crippen molar-refractivity contribution in [3.8, 4) is 0 Å². The van der Waals surface area contributed by atoms with Crippen molar-refractivity contribution < 1.29 is 9.90 Å². The molecule has 3 aromatic carbocycles. The minimum atomic E-state index is -1.60. The highest BCUT2D eigenvalue weighted by Crippen LogP contribution is 2.30. The molecule has 1 N–H and O–H groups in total. The van der Waals surface area contributed by atoms with Gasteiger partial charge in [0.25, 0.3) is 0 Å². The zero-order valence-corrected chi connectivity index (χ0v) is 18.1. The van der Waals surface area contributed by atoms with Gasteiger partial charge in [-0.3, -0.25) is 4.79 Å². The maximum atomic E-state index is 13.2. The SMILES string of the molecule is C[Si](C)(C/C=C/CC(O)(C(=O)c1ccccc1)c1ccccc1)c1ccccc1. The lowest BCUT2D eigenvalue weighted by molar-refractivity contribution is 0.0312. The zero-order chi connectivity index (χ0) is 20.7. The largest absolute Gasteiger partial charge is 0.377 e. The highest BCUT2D eigenvalue weighted by Gasteiger charge is 2.37. The minimum absolute atomic E-state index is 0.254. The van der Waals surface area contributed by atoms with Gasteiger partial charge < -0.3 is 5.11 Å². The van der Waals surface area contributed by atoms with E-state index in [-0.39, 0.29) is 12.2 Å². The summed E-state index contributed by atoms with van der Waals surface area (Å²) in [4.78, 5) is 13.2. The molecule has 0 aliphatic rings. The van der Waals surface area contributed by atoms with Crippen molar-refractivity contribution in [3.05, 3.63) is 114 Å². The molecule has 0 amide bonds. The molecule has 0 heterocycles. The second kappa shape index (κ2) is 9.16. The topological polar surface area (TPSA) is 37.3 Å². The predicted molar refractivity (Wildman–Crippen MR) is 123 cm³/mol. The first-order valence-electron chi connectivity index (χ1n) is 10.0. The molecular formula is C26H28O2Si. The van der Waals surface area contributed by atoms with E-state index in [4.69, 9.17) is 0 Å². The van der Waals surface area contributed by atoms with Crippen LogP contribution in [0.25, 0.3) is 0 Å². The van der Waals surface area contributed by atoms with Gasteiger partial charge in [0.05, 0.1) is 8.07 Å². The summed E-state index contributed by atoms with van der Waals surface area (Å²) in [6.07, 6.45) is 4.35. The van der Waals surface area contributed by atoms with Crippen LogP contribution in [-0.2, 0) is 5.60 Å². The summed E-state index contributed by atoms with van der Waals surface area (Å²) in [5.74, 6) is -0.270. The van der Waals surface area contributed by atoms with E-state index in [1.165, 1.54) is 5.19 Å². The molecule has 0 bridgehead atoms. The van der Waals surface area contributed by atoms with E-state index in [9.17, 15) is 9.90 Å². The van der Waals surface area contributed by atoms with Crippen LogP contribution in [0.15, 0.2) is 103 Å². The number of benzene rings is 3. The molecule has 1 atom stereocenters. The number of allylic oxidation sites excluding steroid dienone is 1. The average molecular weight is 401 g/mol. The number of aliphatic hydroxyl groups is 1. The molecule has 0 saturated carbocycles. The Kier molecular flexibility index (Phi) is 6.63. The Bertz CT molecular complexity index is 950. The van der Waals surface area contributed by atoms with E-state index in [1.807, 2.05) is 60.7 Å².